The molecule has 2 aromatic rings. The van der Waals surface area contributed by atoms with Crippen molar-refractivity contribution >= 4 is 33.8 Å². The van der Waals surface area contributed by atoms with Gasteiger partial charge in [0.2, 0.25) is 0 Å². The second kappa shape index (κ2) is 7.38. The van der Waals surface area contributed by atoms with Gasteiger partial charge in [-0.25, -0.2) is 0 Å². The molecule has 0 unspecified atom stereocenters. The SMILES string of the molecule is CN(C(=S)NCCC[NH+](C)C)c1ccc2ccccc2c1. The van der Waals surface area contributed by atoms with Crippen LogP contribution in [-0.4, -0.2) is 39.3 Å². The van der Waals surface area contributed by atoms with Gasteiger partial charge in [0.05, 0.1) is 20.6 Å². The lowest BCUT2D eigenvalue weighted by molar-refractivity contribution is -0.858. The van der Waals surface area contributed by atoms with Crippen molar-refractivity contribution in [1.82, 2.24) is 5.32 Å². The summed E-state index contributed by atoms with van der Waals surface area (Å²) >= 11 is 5.47. The average molecular weight is 302 g/mol. The summed E-state index contributed by atoms with van der Waals surface area (Å²) in [4.78, 5) is 3.50. The summed E-state index contributed by atoms with van der Waals surface area (Å²) in [6.45, 7) is 2.07. The summed E-state index contributed by atoms with van der Waals surface area (Å²) in [6, 6.07) is 14.8. The predicted molar refractivity (Wildman–Crippen MR) is 95.2 cm³/mol. The Bertz CT molecular complexity index is 610. The maximum atomic E-state index is 5.47. The van der Waals surface area contributed by atoms with Crippen LogP contribution in [-0.2, 0) is 0 Å². The van der Waals surface area contributed by atoms with Gasteiger partial charge in [0.25, 0.3) is 0 Å². The lowest BCUT2D eigenvalue weighted by Crippen LogP contribution is -3.05. The van der Waals surface area contributed by atoms with E-state index in [4.69, 9.17) is 12.2 Å². The summed E-state index contributed by atoms with van der Waals surface area (Å²) in [5.74, 6) is 0. The molecule has 0 bridgehead atoms. The van der Waals surface area contributed by atoms with Gasteiger partial charge in [-0.3, -0.25) is 0 Å². The van der Waals surface area contributed by atoms with Gasteiger partial charge in [-0.2, -0.15) is 0 Å². The van der Waals surface area contributed by atoms with Crippen LogP contribution in [0.2, 0.25) is 0 Å². The third-order valence-electron chi connectivity index (χ3n) is 3.55. The first-order chi connectivity index (χ1) is 10.1. The first-order valence-electron chi connectivity index (χ1n) is 7.37. The molecule has 0 saturated carbocycles. The van der Waals surface area contributed by atoms with Gasteiger partial charge in [0, 0.05) is 25.7 Å². The van der Waals surface area contributed by atoms with Crippen LogP contribution in [0.5, 0.6) is 0 Å². The van der Waals surface area contributed by atoms with Crippen molar-refractivity contribution in [3.05, 3.63) is 42.5 Å². The number of nitrogens with zero attached hydrogens (tertiary/aromatic N) is 1. The first-order valence-corrected chi connectivity index (χ1v) is 7.78. The Balaban J connectivity index is 1.97. The smallest absolute Gasteiger partial charge is 0.173 e. The number of benzene rings is 2. The molecule has 0 atom stereocenters. The van der Waals surface area contributed by atoms with Crippen LogP contribution in [0.25, 0.3) is 10.8 Å². The standard InChI is InChI=1S/C17H23N3S/c1-19(2)12-6-11-18-17(21)20(3)16-10-9-14-7-4-5-8-15(14)13-16/h4-5,7-10,13H,6,11-12H2,1-3H3,(H,18,21)/p+1. The Morgan fingerprint density at radius 1 is 1.14 bits per heavy atom. The topological polar surface area (TPSA) is 19.7 Å². The molecule has 2 N–H and O–H groups in total. The molecule has 2 aromatic carbocycles. The molecule has 0 aromatic heterocycles. The molecule has 3 nitrogen and oxygen atoms in total. The van der Waals surface area contributed by atoms with Crippen molar-refractivity contribution < 1.29 is 4.90 Å². The van der Waals surface area contributed by atoms with Crippen molar-refractivity contribution in [3.63, 3.8) is 0 Å². The molecular formula is C17H24N3S+. The summed E-state index contributed by atoms with van der Waals surface area (Å²) in [5, 5.41) is 6.59. The molecule has 0 radical (unpaired) electrons. The van der Waals surface area contributed by atoms with Gasteiger partial charge in [0.15, 0.2) is 5.11 Å². The fraction of sp³-hybridized carbons (Fsp3) is 0.353. The Kier molecular flexibility index (Phi) is 5.53. The first kappa shape index (κ1) is 15.7. The molecular weight excluding hydrogens is 278 g/mol. The predicted octanol–water partition coefficient (Wildman–Crippen LogP) is 1.69. The fourth-order valence-corrected chi connectivity index (χ4v) is 2.47. The van der Waals surface area contributed by atoms with Crippen molar-refractivity contribution in [2.24, 2.45) is 0 Å². The number of quaternary nitrogens is 1. The van der Waals surface area contributed by atoms with Crippen molar-refractivity contribution in [3.8, 4) is 0 Å². The third-order valence-corrected chi connectivity index (χ3v) is 3.97. The van der Waals surface area contributed by atoms with Gasteiger partial charge < -0.3 is 15.1 Å². The molecule has 2 rings (SSSR count). The minimum atomic E-state index is 0.777. The molecule has 0 aliphatic rings. The number of hydrogen-bond acceptors (Lipinski definition) is 1. The molecule has 0 aliphatic heterocycles. The number of rotatable bonds is 5. The maximum Gasteiger partial charge on any atom is 0.173 e. The maximum absolute atomic E-state index is 5.47. The largest absolute Gasteiger partial charge is 0.362 e. The molecule has 0 spiro atoms. The van der Waals surface area contributed by atoms with Gasteiger partial charge in [-0.05, 0) is 35.1 Å². The van der Waals surface area contributed by atoms with Crippen LogP contribution >= 0.6 is 12.2 Å². The zero-order valence-corrected chi connectivity index (χ0v) is 13.8. The van der Waals surface area contributed by atoms with E-state index >= 15 is 0 Å². The van der Waals surface area contributed by atoms with Gasteiger partial charge in [-0.15, -0.1) is 0 Å². The molecule has 0 amide bonds. The van der Waals surface area contributed by atoms with Crippen LogP contribution in [0.15, 0.2) is 42.5 Å². The molecule has 0 heterocycles. The Morgan fingerprint density at radius 2 is 1.86 bits per heavy atom. The Hall–Kier alpha value is -1.65. The highest BCUT2D eigenvalue weighted by Gasteiger charge is 2.07. The Labute approximate surface area is 132 Å². The van der Waals surface area contributed by atoms with Gasteiger partial charge in [-0.1, -0.05) is 30.3 Å². The van der Waals surface area contributed by atoms with Crippen LogP contribution in [0.3, 0.4) is 0 Å². The summed E-state index contributed by atoms with van der Waals surface area (Å²) in [5.41, 5.74) is 1.12. The van der Waals surface area contributed by atoms with E-state index in [0.717, 1.165) is 30.3 Å². The van der Waals surface area contributed by atoms with Crippen LogP contribution in [0.1, 0.15) is 6.42 Å². The molecule has 0 saturated heterocycles. The number of fused-ring (bicyclic) bond motifs is 1. The van der Waals surface area contributed by atoms with E-state index < -0.39 is 0 Å². The van der Waals surface area contributed by atoms with E-state index in [1.807, 2.05) is 11.9 Å². The van der Waals surface area contributed by atoms with Crippen LogP contribution in [0, 0.1) is 0 Å². The number of hydrogen-bond donors (Lipinski definition) is 2. The van der Waals surface area contributed by atoms with E-state index in [1.165, 1.54) is 15.7 Å². The minimum absolute atomic E-state index is 0.777. The lowest BCUT2D eigenvalue weighted by Gasteiger charge is -2.21. The van der Waals surface area contributed by atoms with Gasteiger partial charge >= 0.3 is 0 Å². The highest BCUT2D eigenvalue weighted by Crippen LogP contribution is 2.21. The average Bonchev–Trinajstić information content (AvgIpc) is 2.50. The summed E-state index contributed by atoms with van der Waals surface area (Å²) < 4.78 is 0. The second-order valence-electron chi connectivity index (χ2n) is 5.63. The van der Waals surface area contributed by atoms with E-state index in [2.05, 4.69) is 61.9 Å². The zero-order chi connectivity index (χ0) is 15.2. The van der Waals surface area contributed by atoms with E-state index in [1.54, 1.807) is 0 Å². The number of nitrogens with one attached hydrogen (secondary N) is 2. The highest BCUT2D eigenvalue weighted by molar-refractivity contribution is 7.80. The quantitative estimate of drug-likeness (QED) is 0.648. The van der Waals surface area contributed by atoms with Crippen LogP contribution < -0.4 is 15.1 Å². The molecule has 4 heteroatoms. The van der Waals surface area contributed by atoms with Crippen molar-refractivity contribution in [2.45, 2.75) is 6.42 Å². The van der Waals surface area contributed by atoms with Crippen LogP contribution in [0.4, 0.5) is 5.69 Å². The minimum Gasteiger partial charge on any atom is -0.362 e. The number of thiocarbonyl (C=S) groups is 1. The fourth-order valence-electron chi connectivity index (χ4n) is 2.26. The van der Waals surface area contributed by atoms with E-state index in [0.29, 0.717) is 0 Å². The monoisotopic (exact) mass is 302 g/mol. The molecule has 0 fully saturated rings. The normalized spacial score (nSPS) is 10.9. The van der Waals surface area contributed by atoms with E-state index in [9.17, 15) is 0 Å². The third kappa shape index (κ3) is 4.41. The molecule has 112 valence electrons. The summed E-state index contributed by atoms with van der Waals surface area (Å²) in [6.07, 6.45) is 1.12. The van der Waals surface area contributed by atoms with Crippen molar-refractivity contribution in [1.29, 1.82) is 0 Å². The summed E-state index contributed by atoms with van der Waals surface area (Å²) in [7, 11) is 6.34. The van der Waals surface area contributed by atoms with Gasteiger partial charge in [0.1, 0.15) is 0 Å². The zero-order valence-electron chi connectivity index (χ0n) is 13.0. The Morgan fingerprint density at radius 3 is 2.57 bits per heavy atom. The molecule has 21 heavy (non-hydrogen) atoms. The van der Waals surface area contributed by atoms with E-state index in [-0.39, 0.29) is 0 Å². The van der Waals surface area contributed by atoms with Crippen molar-refractivity contribution in [2.75, 3.05) is 39.1 Å². The highest BCUT2D eigenvalue weighted by atomic mass is 32.1. The molecule has 0 aliphatic carbocycles. The number of anilines is 1. The lowest BCUT2D eigenvalue weighted by atomic mass is 10.1. The second-order valence-corrected chi connectivity index (χ2v) is 6.02.